The molecule has 0 bridgehead atoms. The molecular formula is C23H32F3N3O5. The van der Waals surface area contributed by atoms with Crippen LogP contribution in [0.1, 0.15) is 44.0 Å². The fourth-order valence-corrected chi connectivity index (χ4v) is 3.79. The van der Waals surface area contributed by atoms with Crippen molar-refractivity contribution in [1.82, 2.24) is 9.80 Å². The van der Waals surface area contributed by atoms with Gasteiger partial charge in [0.15, 0.2) is 0 Å². The van der Waals surface area contributed by atoms with E-state index >= 15 is 0 Å². The maximum atomic E-state index is 13.1. The number of carbonyl (C=O) groups excluding carboxylic acids is 3. The number of fused-ring (bicyclic) bond motifs is 1. The Morgan fingerprint density at radius 1 is 1.24 bits per heavy atom. The van der Waals surface area contributed by atoms with Gasteiger partial charge in [-0.2, -0.15) is 13.2 Å². The van der Waals surface area contributed by atoms with Crippen LogP contribution in [0, 0.1) is 5.92 Å². The third-order valence-electron chi connectivity index (χ3n) is 5.71. The molecule has 8 nitrogen and oxygen atoms in total. The minimum atomic E-state index is -4.64. The molecule has 1 aromatic rings. The van der Waals surface area contributed by atoms with E-state index in [2.05, 4.69) is 5.32 Å². The largest absolute Gasteiger partial charge is 0.491 e. The first-order chi connectivity index (χ1) is 15.9. The molecule has 1 aliphatic heterocycles. The Labute approximate surface area is 197 Å². The van der Waals surface area contributed by atoms with E-state index in [1.165, 1.54) is 23.1 Å². The molecule has 0 saturated carbocycles. The predicted molar refractivity (Wildman–Crippen MR) is 120 cm³/mol. The zero-order valence-corrected chi connectivity index (χ0v) is 20.1. The molecule has 34 heavy (non-hydrogen) atoms. The number of anilines is 1. The van der Waals surface area contributed by atoms with Gasteiger partial charge in [0.2, 0.25) is 11.8 Å². The molecule has 1 aromatic carbocycles. The number of halogens is 3. The first-order valence-corrected chi connectivity index (χ1v) is 11.1. The summed E-state index contributed by atoms with van der Waals surface area (Å²) in [4.78, 5) is 40.6. The quantitative estimate of drug-likeness (QED) is 0.704. The molecule has 3 atom stereocenters. The number of carbonyl (C=O) groups is 3. The van der Waals surface area contributed by atoms with E-state index in [1.54, 1.807) is 26.0 Å². The Balaban J connectivity index is 2.41. The number of benzene rings is 1. The highest BCUT2D eigenvalue weighted by Crippen LogP contribution is 2.28. The van der Waals surface area contributed by atoms with E-state index < -0.39 is 18.5 Å². The van der Waals surface area contributed by atoms with Gasteiger partial charge in [0.05, 0.1) is 17.7 Å². The van der Waals surface area contributed by atoms with Crippen LogP contribution in [0.4, 0.5) is 18.9 Å². The average molecular weight is 488 g/mol. The topological polar surface area (TPSA) is 88.2 Å². The van der Waals surface area contributed by atoms with Gasteiger partial charge < -0.3 is 24.6 Å². The van der Waals surface area contributed by atoms with Crippen molar-refractivity contribution in [2.75, 3.05) is 39.2 Å². The van der Waals surface area contributed by atoms with Crippen LogP contribution in [0.15, 0.2) is 18.2 Å². The number of hydrogen-bond acceptors (Lipinski definition) is 5. The van der Waals surface area contributed by atoms with Gasteiger partial charge in [-0.25, -0.2) is 0 Å². The smallest absolute Gasteiger partial charge is 0.397 e. The second kappa shape index (κ2) is 11.5. The molecule has 0 radical (unpaired) electrons. The number of hydrogen-bond donors (Lipinski definition) is 1. The van der Waals surface area contributed by atoms with Crippen molar-refractivity contribution in [1.29, 1.82) is 0 Å². The Kier molecular flexibility index (Phi) is 9.31. The summed E-state index contributed by atoms with van der Waals surface area (Å²) in [6.45, 7) is 6.23. The highest BCUT2D eigenvalue weighted by molar-refractivity contribution is 5.98. The van der Waals surface area contributed by atoms with Crippen LogP contribution in [0.5, 0.6) is 5.75 Å². The maximum Gasteiger partial charge on any atom is 0.397 e. The number of nitrogens with zero attached hydrogens (tertiary/aromatic N) is 2. The molecule has 11 heteroatoms. The maximum absolute atomic E-state index is 13.1. The first kappa shape index (κ1) is 27.4. The van der Waals surface area contributed by atoms with Gasteiger partial charge in [0.1, 0.15) is 18.8 Å². The molecule has 1 heterocycles. The first-order valence-electron chi connectivity index (χ1n) is 11.1. The third kappa shape index (κ3) is 7.34. The summed E-state index contributed by atoms with van der Waals surface area (Å²) in [5.41, 5.74) is 0.244. The highest BCUT2D eigenvalue weighted by Gasteiger charge is 2.32. The number of amides is 3. The van der Waals surface area contributed by atoms with E-state index in [4.69, 9.17) is 9.47 Å². The van der Waals surface area contributed by atoms with E-state index in [-0.39, 0.29) is 60.0 Å². The van der Waals surface area contributed by atoms with Gasteiger partial charge >= 0.3 is 6.18 Å². The van der Waals surface area contributed by atoms with Crippen molar-refractivity contribution >= 4 is 23.4 Å². The summed E-state index contributed by atoms with van der Waals surface area (Å²) in [6, 6.07) is 3.71. The van der Waals surface area contributed by atoms with Crippen LogP contribution in [-0.4, -0.2) is 79.7 Å². The van der Waals surface area contributed by atoms with Crippen LogP contribution in [0.25, 0.3) is 0 Å². The number of methoxy groups -OCH3 is 1. The van der Waals surface area contributed by atoms with Crippen molar-refractivity contribution < 1.29 is 37.0 Å². The molecule has 0 aromatic heterocycles. The lowest BCUT2D eigenvalue weighted by Gasteiger charge is -2.36. The molecule has 0 unspecified atom stereocenters. The molecule has 0 saturated heterocycles. The van der Waals surface area contributed by atoms with Crippen LogP contribution in [-0.2, 0) is 14.3 Å². The molecule has 2 rings (SSSR count). The molecule has 190 valence electrons. The lowest BCUT2D eigenvalue weighted by Crippen LogP contribution is -2.48. The highest BCUT2D eigenvalue weighted by atomic mass is 19.4. The third-order valence-corrected chi connectivity index (χ3v) is 5.71. The predicted octanol–water partition coefficient (Wildman–Crippen LogP) is 3.32. The van der Waals surface area contributed by atoms with E-state index in [1.807, 2.05) is 13.8 Å². The minimum Gasteiger partial charge on any atom is -0.491 e. The fraction of sp³-hybridized carbons (Fsp3) is 0.609. The normalized spacial score (nSPS) is 22.2. The molecule has 1 aliphatic rings. The Morgan fingerprint density at radius 2 is 1.91 bits per heavy atom. The van der Waals surface area contributed by atoms with Crippen LogP contribution in [0.3, 0.4) is 0 Å². The average Bonchev–Trinajstić information content (AvgIpc) is 2.76. The van der Waals surface area contributed by atoms with Crippen LogP contribution >= 0.6 is 0 Å². The summed E-state index contributed by atoms with van der Waals surface area (Å²) in [5.74, 6) is -1.63. The lowest BCUT2D eigenvalue weighted by atomic mass is 10.0. The van der Waals surface area contributed by atoms with Gasteiger partial charge in [-0.3, -0.25) is 14.4 Å². The summed E-state index contributed by atoms with van der Waals surface area (Å²) >= 11 is 0. The Morgan fingerprint density at radius 3 is 2.50 bits per heavy atom. The van der Waals surface area contributed by atoms with Crippen molar-refractivity contribution in [3.8, 4) is 5.75 Å². The minimum absolute atomic E-state index is 0.0417. The Hall–Kier alpha value is -2.82. The molecule has 0 fully saturated rings. The molecule has 3 amide bonds. The van der Waals surface area contributed by atoms with Crippen LogP contribution < -0.4 is 10.1 Å². The number of ether oxygens (including phenoxy) is 2. The van der Waals surface area contributed by atoms with Gasteiger partial charge in [-0.05, 0) is 19.1 Å². The number of likely N-dealkylation sites (N-methyl/N-ethyl adjacent to an activating group) is 1. The van der Waals surface area contributed by atoms with E-state index in [0.717, 1.165) is 0 Å². The van der Waals surface area contributed by atoms with Crippen molar-refractivity contribution in [3.05, 3.63) is 23.8 Å². The lowest BCUT2D eigenvalue weighted by molar-refractivity contribution is -0.150. The van der Waals surface area contributed by atoms with Gasteiger partial charge in [-0.15, -0.1) is 0 Å². The monoisotopic (exact) mass is 487 g/mol. The van der Waals surface area contributed by atoms with Gasteiger partial charge in [0, 0.05) is 51.3 Å². The molecule has 1 N–H and O–H groups in total. The van der Waals surface area contributed by atoms with Gasteiger partial charge in [-0.1, -0.05) is 13.8 Å². The van der Waals surface area contributed by atoms with Crippen molar-refractivity contribution in [2.24, 2.45) is 5.92 Å². The number of rotatable bonds is 4. The zero-order chi connectivity index (χ0) is 25.6. The SMILES string of the molecule is CCC(=O)N1C[C@H](C)[C@@H](OC)CN(C)C(=O)c2ccc(NC(=O)CC(F)(F)F)cc2OC[C@H]1C. The summed E-state index contributed by atoms with van der Waals surface area (Å²) in [7, 11) is 3.15. The second-order valence-corrected chi connectivity index (χ2v) is 8.55. The van der Waals surface area contributed by atoms with Crippen molar-refractivity contribution in [2.45, 2.75) is 51.9 Å². The fourth-order valence-electron chi connectivity index (χ4n) is 3.79. The summed E-state index contributed by atoms with van der Waals surface area (Å²) < 4.78 is 49.0. The van der Waals surface area contributed by atoms with Crippen molar-refractivity contribution in [3.63, 3.8) is 0 Å². The molecule has 0 aliphatic carbocycles. The summed E-state index contributed by atoms with van der Waals surface area (Å²) in [5, 5.41) is 2.18. The van der Waals surface area contributed by atoms with Gasteiger partial charge in [0.25, 0.3) is 5.91 Å². The summed E-state index contributed by atoms with van der Waals surface area (Å²) in [6.07, 6.45) is -6.30. The van der Waals surface area contributed by atoms with E-state index in [9.17, 15) is 27.6 Å². The Bertz CT molecular complexity index is 893. The van der Waals surface area contributed by atoms with E-state index in [0.29, 0.717) is 13.0 Å². The van der Waals surface area contributed by atoms with Crippen LogP contribution in [0.2, 0.25) is 0 Å². The number of nitrogens with one attached hydrogen (secondary N) is 1. The standard InChI is InChI=1S/C23H32F3N3O5/c1-6-21(31)29-11-14(2)19(33-5)12-28(4)22(32)17-8-7-16(9-18(17)34-13-15(29)3)27-20(30)10-23(24,25)26/h7-9,14-15,19H,6,10-13H2,1-5H3,(H,27,30)/t14-,15+,19-/m0/s1. The molecular weight excluding hydrogens is 455 g/mol. The molecule has 0 spiro atoms. The number of alkyl halides is 3. The second-order valence-electron chi connectivity index (χ2n) is 8.55. The zero-order valence-electron chi connectivity index (χ0n) is 20.1.